The van der Waals surface area contributed by atoms with E-state index < -0.39 is 0 Å². The number of aryl methyl sites for hydroxylation is 2. The highest BCUT2D eigenvalue weighted by Crippen LogP contribution is 2.26. The summed E-state index contributed by atoms with van der Waals surface area (Å²) in [6.45, 7) is 10.0. The van der Waals surface area contributed by atoms with Crippen LogP contribution in [0.1, 0.15) is 42.9 Å². The Morgan fingerprint density at radius 2 is 2.00 bits per heavy atom. The second-order valence-corrected chi connectivity index (χ2v) is 4.52. The van der Waals surface area contributed by atoms with E-state index in [1.165, 1.54) is 0 Å². The third-order valence-corrected chi connectivity index (χ3v) is 2.98. The van der Waals surface area contributed by atoms with Gasteiger partial charge in [0.1, 0.15) is 5.82 Å². The summed E-state index contributed by atoms with van der Waals surface area (Å²) < 4.78 is 13.9. The van der Waals surface area contributed by atoms with Crippen molar-refractivity contribution in [3.05, 3.63) is 34.6 Å². The van der Waals surface area contributed by atoms with E-state index in [0.29, 0.717) is 0 Å². The van der Waals surface area contributed by atoms with Gasteiger partial charge < -0.3 is 5.32 Å². The Kier molecular flexibility index (Phi) is 4.94. The number of halogens is 1. The van der Waals surface area contributed by atoms with Gasteiger partial charge in [-0.05, 0) is 62.0 Å². The molecule has 1 nitrogen and oxygen atoms in total. The molecule has 0 bridgehead atoms. The summed E-state index contributed by atoms with van der Waals surface area (Å²) >= 11 is 0. The lowest BCUT2D eigenvalue weighted by atomic mass is 9.92. The van der Waals surface area contributed by atoms with Crippen LogP contribution in [-0.2, 0) is 0 Å². The summed E-state index contributed by atoms with van der Waals surface area (Å²) in [7, 11) is 0. The Morgan fingerprint density at radius 3 is 2.56 bits per heavy atom. The van der Waals surface area contributed by atoms with Crippen molar-refractivity contribution >= 4 is 0 Å². The molecule has 1 aromatic carbocycles. The van der Waals surface area contributed by atoms with Gasteiger partial charge in [0.15, 0.2) is 0 Å². The van der Waals surface area contributed by atoms with Crippen molar-refractivity contribution in [3.8, 4) is 0 Å². The first kappa shape index (κ1) is 13.2. The molecule has 1 rings (SSSR count). The van der Waals surface area contributed by atoms with Gasteiger partial charge in [0, 0.05) is 0 Å². The topological polar surface area (TPSA) is 12.0 Å². The highest BCUT2D eigenvalue weighted by Gasteiger charge is 2.13. The number of rotatable bonds is 5. The van der Waals surface area contributed by atoms with E-state index in [4.69, 9.17) is 0 Å². The minimum Gasteiger partial charge on any atom is -0.317 e. The van der Waals surface area contributed by atoms with Crippen LogP contribution < -0.4 is 5.32 Å². The van der Waals surface area contributed by atoms with Gasteiger partial charge in [-0.25, -0.2) is 4.39 Å². The fourth-order valence-electron chi connectivity index (χ4n) is 2.19. The molecule has 0 aliphatic rings. The lowest BCUT2D eigenvalue weighted by Crippen LogP contribution is -2.16. The van der Waals surface area contributed by atoms with Crippen LogP contribution in [0.5, 0.6) is 0 Å². The van der Waals surface area contributed by atoms with E-state index in [0.717, 1.165) is 36.2 Å². The van der Waals surface area contributed by atoms with Crippen LogP contribution in [0, 0.1) is 19.7 Å². The summed E-state index contributed by atoms with van der Waals surface area (Å²) in [5, 5.41) is 3.28. The van der Waals surface area contributed by atoms with Crippen molar-refractivity contribution in [2.75, 3.05) is 13.1 Å². The van der Waals surface area contributed by atoms with E-state index in [1.807, 2.05) is 13.8 Å². The van der Waals surface area contributed by atoms with Crippen LogP contribution in [0.2, 0.25) is 0 Å². The van der Waals surface area contributed by atoms with Crippen molar-refractivity contribution in [1.82, 2.24) is 5.32 Å². The van der Waals surface area contributed by atoms with E-state index in [9.17, 15) is 4.39 Å². The molecule has 0 fully saturated rings. The smallest absolute Gasteiger partial charge is 0.127 e. The van der Waals surface area contributed by atoms with Crippen LogP contribution in [0.3, 0.4) is 0 Å². The largest absolute Gasteiger partial charge is 0.317 e. The molecule has 1 N–H and O–H groups in total. The Morgan fingerprint density at radius 1 is 1.31 bits per heavy atom. The summed E-state index contributed by atoms with van der Waals surface area (Å²) in [6.07, 6.45) is 0.981. The summed E-state index contributed by atoms with van der Waals surface area (Å²) in [4.78, 5) is 0. The SMILES string of the molecule is CCNCCC(C)c1c(C)cc(C)cc1F. The lowest BCUT2D eigenvalue weighted by Gasteiger charge is -2.16. The van der Waals surface area contributed by atoms with Crippen LogP contribution in [0.25, 0.3) is 0 Å². The maximum atomic E-state index is 13.9. The van der Waals surface area contributed by atoms with Crippen LogP contribution in [0.4, 0.5) is 4.39 Å². The molecule has 0 spiro atoms. The zero-order chi connectivity index (χ0) is 12.1. The van der Waals surface area contributed by atoms with Gasteiger partial charge in [0.2, 0.25) is 0 Å². The van der Waals surface area contributed by atoms with Crippen molar-refractivity contribution in [3.63, 3.8) is 0 Å². The first-order valence-corrected chi connectivity index (χ1v) is 6.03. The Labute approximate surface area is 98.1 Å². The highest BCUT2D eigenvalue weighted by atomic mass is 19.1. The molecule has 2 heteroatoms. The van der Waals surface area contributed by atoms with Gasteiger partial charge in [-0.2, -0.15) is 0 Å². The van der Waals surface area contributed by atoms with E-state index >= 15 is 0 Å². The molecule has 0 saturated carbocycles. The molecule has 1 aromatic rings. The van der Waals surface area contributed by atoms with Gasteiger partial charge in [0.25, 0.3) is 0 Å². The van der Waals surface area contributed by atoms with Gasteiger partial charge in [-0.1, -0.05) is 19.9 Å². The maximum Gasteiger partial charge on any atom is 0.127 e. The monoisotopic (exact) mass is 223 g/mol. The van der Waals surface area contributed by atoms with Crippen molar-refractivity contribution in [2.45, 2.75) is 40.0 Å². The molecule has 1 atom stereocenters. The van der Waals surface area contributed by atoms with Crippen molar-refractivity contribution in [1.29, 1.82) is 0 Å². The number of benzene rings is 1. The molecule has 16 heavy (non-hydrogen) atoms. The predicted octanol–water partition coefficient (Wildman–Crippen LogP) is 3.55. The minimum absolute atomic E-state index is 0.0542. The Hall–Kier alpha value is -0.890. The second kappa shape index (κ2) is 6.00. The van der Waals surface area contributed by atoms with Gasteiger partial charge >= 0.3 is 0 Å². The van der Waals surface area contributed by atoms with E-state index in [1.54, 1.807) is 6.07 Å². The first-order chi connectivity index (χ1) is 7.56. The average Bonchev–Trinajstić information content (AvgIpc) is 2.16. The fourth-order valence-corrected chi connectivity index (χ4v) is 2.19. The van der Waals surface area contributed by atoms with E-state index in [2.05, 4.69) is 25.2 Å². The normalized spacial score (nSPS) is 12.8. The van der Waals surface area contributed by atoms with Crippen LogP contribution >= 0.6 is 0 Å². The Bertz CT molecular complexity index is 324. The van der Waals surface area contributed by atoms with Crippen LogP contribution in [0.15, 0.2) is 12.1 Å². The standard InChI is InChI=1S/C14H22FN/c1-5-16-7-6-11(3)14-12(4)8-10(2)9-13(14)15/h8-9,11,16H,5-7H2,1-4H3. The lowest BCUT2D eigenvalue weighted by molar-refractivity contribution is 0.554. The third-order valence-electron chi connectivity index (χ3n) is 2.98. The summed E-state index contributed by atoms with van der Waals surface area (Å²) in [5.41, 5.74) is 2.95. The second-order valence-electron chi connectivity index (χ2n) is 4.52. The average molecular weight is 223 g/mol. The number of nitrogens with one attached hydrogen (secondary N) is 1. The van der Waals surface area contributed by atoms with Gasteiger partial charge in [-0.15, -0.1) is 0 Å². The summed E-state index contributed by atoms with van der Waals surface area (Å²) in [6, 6.07) is 3.69. The molecule has 1 unspecified atom stereocenters. The zero-order valence-electron chi connectivity index (χ0n) is 10.7. The summed E-state index contributed by atoms with van der Waals surface area (Å²) in [5.74, 6) is 0.223. The molecule has 0 saturated heterocycles. The molecule has 0 aliphatic heterocycles. The molecule has 0 amide bonds. The predicted molar refractivity (Wildman–Crippen MR) is 67.4 cm³/mol. The number of hydrogen-bond acceptors (Lipinski definition) is 1. The zero-order valence-corrected chi connectivity index (χ0v) is 10.7. The molecule has 0 aromatic heterocycles. The van der Waals surface area contributed by atoms with Crippen molar-refractivity contribution in [2.24, 2.45) is 0 Å². The van der Waals surface area contributed by atoms with Crippen molar-refractivity contribution < 1.29 is 4.39 Å². The highest BCUT2D eigenvalue weighted by molar-refractivity contribution is 5.34. The molecule has 90 valence electrons. The molecular formula is C14H22FN. The van der Waals surface area contributed by atoms with Crippen LogP contribution in [-0.4, -0.2) is 13.1 Å². The Balaban J connectivity index is 2.78. The fraction of sp³-hybridized carbons (Fsp3) is 0.571. The first-order valence-electron chi connectivity index (χ1n) is 6.03. The minimum atomic E-state index is -0.0542. The van der Waals surface area contributed by atoms with Gasteiger partial charge in [0.05, 0.1) is 0 Å². The van der Waals surface area contributed by atoms with Gasteiger partial charge in [-0.3, -0.25) is 0 Å². The third kappa shape index (κ3) is 3.31. The maximum absolute atomic E-state index is 13.9. The molecular weight excluding hydrogens is 201 g/mol. The molecule has 0 heterocycles. The molecule has 0 aliphatic carbocycles. The van der Waals surface area contributed by atoms with E-state index in [-0.39, 0.29) is 11.7 Å². The molecule has 0 radical (unpaired) electrons. The quantitative estimate of drug-likeness (QED) is 0.753. The number of hydrogen-bond donors (Lipinski definition) is 1.